The van der Waals surface area contributed by atoms with E-state index in [2.05, 4.69) is 6.92 Å². The molecule has 0 amide bonds. The Morgan fingerprint density at radius 1 is 1.25 bits per heavy atom. The molecule has 2 heterocycles. The lowest BCUT2D eigenvalue weighted by Crippen LogP contribution is -2.46. The van der Waals surface area contributed by atoms with Gasteiger partial charge in [0.25, 0.3) is 0 Å². The summed E-state index contributed by atoms with van der Waals surface area (Å²) in [6.07, 6.45) is 3.59. The predicted molar refractivity (Wildman–Crippen MR) is 59.0 cm³/mol. The first-order chi connectivity index (χ1) is 7.66. The molecule has 0 spiro atoms. The van der Waals surface area contributed by atoms with Crippen molar-refractivity contribution in [1.82, 2.24) is 0 Å². The molecule has 0 radical (unpaired) electrons. The van der Waals surface area contributed by atoms with Crippen molar-refractivity contribution in [1.29, 1.82) is 0 Å². The van der Waals surface area contributed by atoms with Crippen LogP contribution >= 0.6 is 0 Å². The van der Waals surface area contributed by atoms with Gasteiger partial charge in [0, 0.05) is 12.3 Å². The highest BCUT2D eigenvalue weighted by Gasteiger charge is 2.35. The Kier molecular flexibility index (Phi) is 3.97. The second-order valence-electron chi connectivity index (χ2n) is 4.58. The van der Waals surface area contributed by atoms with Gasteiger partial charge in [-0.05, 0) is 6.92 Å². The lowest BCUT2D eigenvalue weighted by atomic mass is 9.95. The van der Waals surface area contributed by atoms with Crippen LogP contribution in [0.3, 0.4) is 0 Å². The fraction of sp³-hybridized carbons (Fsp3) is 0.833. The second kappa shape index (κ2) is 5.27. The van der Waals surface area contributed by atoms with Crippen molar-refractivity contribution in [2.75, 3.05) is 13.2 Å². The normalized spacial score (nSPS) is 45.3. The number of ether oxygens (including phenoxy) is 3. The average molecular weight is 228 g/mol. The van der Waals surface area contributed by atoms with Crippen molar-refractivity contribution >= 4 is 0 Å². The maximum Gasteiger partial charge on any atom is 0.155 e. The standard InChI is InChI=1S/C12H20O4/c1-8-7-15-9(2)16-12(8)11-6-10(13)4-3-5-14-11/h3-4,8-13H,5-7H2,1-2H3. The van der Waals surface area contributed by atoms with E-state index in [-0.39, 0.29) is 18.5 Å². The van der Waals surface area contributed by atoms with E-state index in [9.17, 15) is 5.11 Å². The quantitative estimate of drug-likeness (QED) is 0.682. The lowest BCUT2D eigenvalue weighted by Gasteiger charge is -2.37. The molecule has 5 unspecified atom stereocenters. The number of hydrogen-bond acceptors (Lipinski definition) is 4. The van der Waals surface area contributed by atoms with E-state index < -0.39 is 6.10 Å². The van der Waals surface area contributed by atoms with E-state index in [0.717, 1.165) is 0 Å². The fourth-order valence-electron chi connectivity index (χ4n) is 2.24. The highest BCUT2D eigenvalue weighted by molar-refractivity contribution is 4.95. The van der Waals surface area contributed by atoms with Gasteiger partial charge in [-0.1, -0.05) is 19.1 Å². The maximum atomic E-state index is 9.69. The Labute approximate surface area is 96.2 Å². The van der Waals surface area contributed by atoms with Gasteiger partial charge in [-0.2, -0.15) is 0 Å². The molecule has 16 heavy (non-hydrogen) atoms. The molecular formula is C12H20O4. The predicted octanol–water partition coefficient (Wildman–Crippen LogP) is 1.09. The van der Waals surface area contributed by atoms with Crippen molar-refractivity contribution in [2.45, 2.75) is 44.9 Å². The van der Waals surface area contributed by atoms with Crippen molar-refractivity contribution in [3.8, 4) is 0 Å². The Balaban J connectivity index is 1.99. The van der Waals surface area contributed by atoms with Gasteiger partial charge in [0.1, 0.15) is 0 Å². The van der Waals surface area contributed by atoms with Gasteiger partial charge in [-0.3, -0.25) is 0 Å². The molecule has 0 aromatic rings. The molecule has 0 aromatic heterocycles. The Bertz CT molecular complexity index is 253. The smallest absolute Gasteiger partial charge is 0.155 e. The summed E-state index contributed by atoms with van der Waals surface area (Å²) < 4.78 is 16.9. The van der Waals surface area contributed by atoms with Gasteiger partial charge in [0.15, 0.2) is 6.29 Å². The van der Waals surface area contributed by atoms with E-state index in [1.54, 1.807) is 6.08 Å². The molecule has 1 N–H and O–H groups in total. The van der Waals surface area contributed by atoms with Crippen molar-refractivity contribution < 1.29 is 19.3 Å². The van der Waals surface area contributed by atoms with Crippen LogP contribution in [0, 0.1) is 5.92 Å². The minimum absolute atomic E-state index is 0.0123. The topological polar surface area (TPSA) is 47.9 Å². The molecule has 4 heteroatoms. The molecule has 92 valence electrons. The van der Waals surface area contributed by atoms with Gasteiger partial charge in [0.2, 0.25) is 0 Å². The summed E-state index contributed by atoms with van der Waals surface area (Å²) >= 11 is 0. The average Bonchev–Trinajstić information content (AvgIpc) is 2.46. The van der Waals surface area contributed by atoms with E-state index >= 15 is 0 Å². The SMILES string of the molecule is CC1OCC(C)C(C2CC(O)C=CCO2)O1. The van der Waals surface area contributed by atoms with Crippen LogP contribution in [0.2, 0.25) is 0 Å². The number of aliphatic hydroxyl groups excluding tert-OH is 1. The zero-order chi connectivity index (χ0) is 11.5. The molecule has 2 aliphatic heterocycles. The molecule has 2 aliphatic rings. The zero-order valence-electron chi connectivity index (χ0n) is 9.83. The van der Waals surface area contributed by atoms with Crippen LogP contribution < -0.4 is 0 Å². The third kappa shape index (κ3) is 2.83. The lowest BCUT2D eigenvalue weighted by molar-refractivity contribution is -0.251. The monoisotopic (exact) mass is 228 g/mol. The molecular weight excluding hydrogens is 208 g/mol. The molecule has 0 saturated carbocycles. The van der Waals surface area contributed by atoms with E-state index in [4.69, 9.17) is 14.2 Å². The van der Waals surface area contributed by atoms with Gasteiger partial charge < -0.3 is 19.3 Å². The molecule has 0 aliphatic carbocycles. The van der Waals surface area contributed by atoms with Crippen molar-refractivity contribution in [3.05, 3.63) is 12.2 Å². The minimum Gasteiger partial charge on any atom is -0.389 e. The van der Waals surface area contributed by atoms with Gasteiger partial charge >= 0.3 is 0 Å². The zero-order valence-corrected chi connectivity index (χ0v) is 9.83. The summed E-state index contributed by atoms with van der Waals surface area (Å²) in [5, 5.41) is 9.69. The summed E-state index contributed by atoms with van der Waals surface area (Å²) in [5.41, 5.74) is 0. The van der Waals surface area contributed by atoms with Gasteiger partial charge in [0.05, 0.1) is 31.5 Å². The van der Waals surface area contributed by atoms with Crippen molar-refractivity contribution in [3.63, 3.8) is 0 Å². The first kappa shape index (κ1) is 12.0. The highest BCUT2D eigenvalue weighted by Crippen LogP contribution is 2.26. The molecule has 1 fully saturated rings. The minimum atomic E-state index is -0.429. The van der Waals surface area contributed by atoms with Crippen molar-refractivity contribution in [2.24, 2.45) is 5.92 Å². The van der Waals surface area contributed by atoms with E-state index in [1.165, 1.54) is 0 Å². The number of hydrogen-bond donors (Lipinski definition) is 1. The van der Waals surface area contributed by atoms with Crippen LogP contribution in [-0.2, 0) is 14.2 Å². The van der Waals surface area contributed by atoms with Crippen LogP contribution in [0.4, 0.5) is 0 Å². The first-order valence-electron chi connectivity index (χ1n) is 5.90. The molecule has 2 rings (SSSR count). The summed E-state index contributed by atoms with van der Waals surface area (Å²) in [6, 6.07) is 0. The van der Waals surface area contributed by atoms with Crippen LogP contribution in [0.15, 0.2) is 12.2 Å². The summed E-state index contributed by atoms with van der Waals surface area (Å²) in [6.45, 7) is 5.22. The van der Waals surface area contributed by atoms with E-state index in [0.29, 0.717) is 25.6 Å². The maximum absolute atomic E-state index is 9.69. The number of aliphatic hydroxyl groups is 1. The largest absolute Gasteiger partial charge is 0.389 e. The summed E-state index contributed by atoms with van der Waals surface area (Å²) in [5.74, 6) is 0.298. The van der Waals surface area contributed by atoms with Crippen LogP contribution in [-0.4, -0.2) is 42.9 Å². The molecule has 5 atom stereocenters. The molecule has 4 nitrogen and oxygen atoms in total. The van der Waals surface area contributed by atoms with Gasteiger partial charge in [-0.25, -0.2) is 0 Å². The van der Waals surface area contributed by atoms with Gasteiger partial charge in [-0.15, -0.1) is 0 Å². The fourth-order valence-corrected chi connectivity index (χ4v) is 2.24. The Morgan fingerprint density at radius 3 is 2.88 bits per heavy atom. The highest BCUT2D eigenvalue weighted by atomic mass is 16.7. The third-order valence-corrected chi connectivity index (χ3v) is 3.11. The van der Waals surface area contributed by atoms with E-state index in [1.807, 2.05) is 13.0 Å². The summed E-state index contributed by atoms with van der Waals surface area (Å²) in [4.78, 5) is 0. The molecule has 0 bridgehead atoms. The van der Waals surface area contributed by atoms with Crippen LogP contribution in [0.1, 0.15) is 20.3 Å². The third-order valence-electron chi connectivity index (χ3n) is 3.11. The molecule has 0 aromatic carbocycles. The van der Waals surface area contributed by atoms with Crippen LogP contribution in [0.5, 0.6) is 0 Å². The summed E-state index contributed by atoms with van der Waals surface area (Å²) in [7, 11) is 0. The Hall–Kier alpha value is -0.420. The number of rotatable bonds is 1. The van der Waals surface area contributed by atoms with Crippen LogP contribution in [0.25, 0.3) is 0 Å². The Morgan fingerprint density at radius 2 is 2.06 bits per heavy atom. The molecule has 1 saturated heterocycles. The first-order valence-corrected chi connectivity index (χ1v) is 5.90. The second-order valence-corrected chi connectivity index (χ2v) is 4.58.